The first-order valence-electron chi connectivity index (χ1n) is 7.96. The first kappa shape index (κ1) is 20.9. The molecule has 2 saturated carbocycles. The van der Waals surface area contributed by atoms with Gasteiger partial charge in [-0.1, -0.05) is 42.0 Å². The first-order chi connectivity index (χ1) is 8.76. The van der Waals surface area contributed by atoms with Crippen molar-refractivity contribution in [1.29, 1.82) is 0 Å². The highest BCUT2D eigenvalue weighted by atomic mass is 16.3. The Kier molecular flexibility index (Phi) is 6.14. The molecular weight excluding hydrogens is 262 g/mol. The Labute approximate surface area is 132 Å². The Hall–Kier alpha value is -0.120. The molecule has 3 nitrogen and oxygen atoms in total. The molecule has 2 fully saturated rings. The largest absolute Gasteiger partial charge is 0.390 e. The highest BCUT2D eigenvalue weighted by Crippen LogP contribution is 2.49. The predicted octanol–water partition coefficient (Wildman–Crippen LogP) is 3.71. The van der Waals surface area contributed by atoms with E-state index in [1.165, 1.54) is 6.42 Å². The smallest absolute Gasteiger partial charge is 0.0685 e. The lowest BCUT2D eigenvalue weighted by molar-refractivity contribution is -0.0395. The molecule has 0 heterocycles. The summed E-state index contributed by atoms with van der Waals surface area (Å²) in [6, 6.07) is 0.155. The molecule has 128 valence electrons. The minimum atomic E-state index is -0.563. The molecule has 0 aromatic rings. The van der Waals surface area contributed by atoms with E-state index in [-0.39, 0.29) is 24.3 Å². The highest BCUT2D eigenvalue weighted by Gasteiger charge is 2.49. The molecule has 0 saturated heterocycles. The molecule has 0 aliphatic heterocycles. The topological polar surface area (TPSA) is 66.5 Å². The summed E-state index contributed by atoms with van der Waals surface area (Å²) in [6.07, 6.45) is 3.91. The van der Waals surface area contributed by atoms with E-state index in [1.54, 1.807) is 0 Å². The monoisotopic (exact) mass is 301 g/mol. The van der Waals surface area contributed by atoms with Gasteiger partial charge in [0.25, 0.3) is 0 Å². The van der Waals surface area contributed by atoms with Crippen LogP contribution in [0.3, 0.4) is 0 Å². The Morgan fingerprint density at radius 2 is 1.19 bits per heavy atom. The van der Waals surface area contributed by atoms with Gasteiger partial charge in [-0.15, -0.1) is 0 Å². The maximum absolute atomic E-state index is 9.89. The van der Waals surface area contributed by atoms with Crippen molar-refractivity contribution in [3.05, 3.63) is 0 Å². The van der Waals surface area contributed by atoms with Crippen LogP contribution in [0.5, 0.6) is 0 Å². The van der Waals surface area contributed by atoms with Gasteiger partial charge >= 0.3 is 0 Å². The predicted molar refractivity (Wildman–Crippen MR) is 91.1 cm³/mol. The molecule has 0 aromatic heterocycles. The summed E-state index contributed by atoms with van der Waals surface area (Å²) < 4.78 is 0. The minimum absolute atomic E-state index is 0. The van der Waals surface area contributed by atoms with E-state index in [0.29, 0.717) is 5.92 Å². The summed E-state index contributed by atoms with van der Waals surface area (Å²) in [4.78, 5) is 0. The van der Waals surface area contributed by atoms with E-state index in [4.69, 9.17) is 5.73 Å². The van der Waals surface area contributed by atoms with Gasteiger partial charge in [-0.05, 0) is 50.9 Å². The Balaban J connectivity index is 0.000000364. The number of hydrogen-bond acceptors (Lipinski definition) is 3. The molecular formula is C18H39NO2. The van der Waals surface area contributed by atoms with E-state index in [0.717, 1.165) is 19.3 Å². The average molecular weight is 302 g/mol. The number of nitrogens with two attached hydrogens (primary N) is 1. The summed E-state index contributed by atoms with van der Waals surface area (Å²) in [5.74, 6) is 0.655. The van der Waals surface area contributed by atoms with E-state index in [9.17, 15) is 10.2 Å². The average Bonchev–Trinajstić information content (AvgIpc) is 2.60. The lowest BCUT2D eigenvalue weighted by atomic mass is 9.74. The number of hydrogen-bond donors (Lipinski definition) is 3. The summed E-state index contributed by atoms with van der Waals surface area (Å²) in [7, 11) is 0. The summed E-state index contributed by atoms with van der Waals surface area (Å²) in [5.41, 5.74) is 4.81. The fraction of sp³-hybridized carbons (Fsp3) is 1.00. The van der Waals surface area contributed by atoms with Gasteiger partial charge in [0.2, 0.25) is 0 Å². The van der Waals surface area contributed by atoms with Gasteiger partial charge in [0.15, 0.2) is 0 Å². The number of aliphatic hydroxyl groups is 2. The van der Waals surface area contributed by atoms with Crippen molar-refractivity contribution in [2.24, 2.45) is 22.5 Å². The zero-order valence-corrected chi connectivity index (χ0v) is 14.5. The van der Waals surface area contributed by atoms with Crippen LogP contribution in [0.25, 0.3) is 0 Å². The van der Waals surface area contributed by atoms with Gasteiger partial charge in [0, 0.05) is 11.5 Å². The second-order valence-corrected chi connectivity index (χ2v) is 8.58. The van der Waals surface area contributed by atoms with Crippen LogP contribution in [0.2, 0.25) is 0 Å². The summed E-state index contributed by atoms with van der Waals surface area (Å²) in [6.45, 7) is 14.4. The minimum Gasteiger partial charge on any atom is -0.390 e. The van der Waals surface area contributed by atoms with Gasteiger partial charge < -0.3 is 15.9 Å². The lowest BCUT2D eigenvalue weighted by Gasteiger charge is -2.36. The molecule has 2 aliphatic rings. The van der Waals surface area contributed by atoms with Crippen LogP contribution in [0.1, 0.15) is 81.6 Å². The van der Waals surface area contributed by atoms with Crippen molar-refractivity contribution in [3.8, 4) is 0 Å². The molecule has 0 aromatic carbocycles. The number of rotatable bonds is 0. The lowest BCUT2D eigenvalue weighted by Crippen LogP contribution is -2.45. The van der Waals surface area contributed by atoms with Crippen molar-refractivity contribution < 1.29 is 10.2 Å². The SMILES string of the molecule is C.CC1(C)[C@H](N)CC[C@@]1(C)O.C[C@@H]1CC[C@@](C)(O)C1(C)C. The normalized spacial score (nSPS) is 43.7. The molecule has 0 radical (unpaired) electrons. The van der Waals surface area contributed by atoms with Crippen LogP contribution >= 0.6 is 0 Å². The molecule has 2 rings (SSSR count). The summed E-state index contributed by atoms with van der Waals surface area (Å²) >= 11 is 0. The van der Waals surface area contributed by atoms with Crippen LogP contribution in [0, 0.1) is 16.7 Å². The van der Waals surface area contributed by atoms with Crippen LogP contribution in [0.4, 0.5) is 0 Å². The van der Waals surface area contributed by atoms with Gasteiger partial charge in [0.05, 0.1) is 11.2 Å². The van der Waals surface area contributed by atoms with Gasteiger partial charge in [-0.2, -0.15) is 0 Å². The van der Waals surface area contributed by atoms with Crippen LogP contribution in [-0.4, -0.2) is 27.5 Å². The fourth-order valence-corrected chi connectivity index (χ4v) is 3.23. The van der Waals surface area contributed by atoms with Crippen molar-refractivity contribution in [1.82, 2.24) is 0 Å². The quantitative estimate of drug-likeness (QED) is 0.639. The van der Waals surface area contributed by atoms with Gasteiger partial charge in [0.1, 0.15) is 0 Å². The molecule has 21 heavy (non-hydrogen) atoms. The first-order valence-corrected chi connectivity index (χ1v) is 7.96. The van der Waals surface area contributed by atoms with Gasteiger partial charge in [-0.25, -0.2) is 0 Å². The maximum Gasteiger partial charge on any atom is 0.0685 e. The van der Waals surface area contributed by atoms with Crippen molar-refractivity contribution in [3.63, 3.8) is 0 Å². The Bertz CT molecular complexity index is 311. The van der Waals surface area contributed by atoms with E-state index >= 15 is 0 Å². The zero-order chi connectivity index (χ0) is 16.0. The van der Waals surface area contributed by atoms with Crippen molar-refractivity contribution in [2.75, 3.05) is 0 Å². The highest BCUT2D eigenvalue weighted by molar-refractivity contribution is 5.03. The second kappa shape index (κ2) is 6.17. The van der Waals surface area contributed by atoms with Gasteiger partial charge in [-0.3, -0.25) is 0 Å². The van der Waals surface area contributed by atoms with Crippen molar-refractivity contribution in [2.45, 2.75) is 98.8 Å². The molecule has 0 bridgehead atoms. The molecule has 3 heteroatoms. The second-order valence-electron chi connectivity index (χ2n) is 8.58. The van der Waals surface area contributed by atoms with Crippen LogP contribution in [0.15, 0.2) is 0 Å². The third-order valence-corrected chi connectivity index (χ3v) is 6.94. The Morgan fingerprint density at radius 1 is 0.810 bits per heavy atom. The fourth-order valence-electron chi connectivity index (χ4n) is 3.23. The molecule has 2 aliphatic carbocycles. The van der Waals surface area contributed by atoms with Crippen molar-refractivity contribution >= 4 is 0 Å². The van der Waals surface area contributed by atoms with Crippen LogP contribution in [-0.2, 0) is 0 Å². The van der Waals surface area contributed by atoms with E-state index in [1.807, 2.05) is 27.7 Å². The van der Waals surface area contributed by atoms with E-state index < -0.39 is 11.2 Å². The third-order valence-electron chi connectivity index (χ3n) is 6.94. The standard InChI is InChI=1S/C9H18O.C8H17NO.CH4/c1-7-5-6-9(4,10)8(7,2)3;1-7(2)6(9)4-5-8(7,3)10;/h7,10H,5-6H2,1-4H3;6,10H,4-5,9H2,1-3H3;1H4/t7-,9-;6-,8-;/m11./s1. The molecule has 4 N–H and O–H groups in total. The zero-order valence-electron chi connectivity index (χ0n) is 14.5. The van der Waals surface area contributed by atoms with E-state index in [2.05, 4.69) is 20.8 Å². The molecule has 0 spiro atoms. The molecule has 0 unspecified atom stereocenters. The maximum atomic E-state index is 9.89. The molecule has 0 amide bonds. The third kappa shape index (κ3) is 3.62. The molecule has 4 atom stereocenters. The van der Waals surface area contributed by atoms with Crippen LogP contribution < -0.4 is 5.73 Å². The summed E-state index contributed by atoms with van der Waals surface area (Å²) in [5, 5.41) is 19.7. The Morgan fingerprint density at radius 3 is 1.29 bits per heavy atom.